The fourth-order valence-electron chi connectivity index (χ4n) is 1.68. The summed E-state index contributed by atoms with van der Waals surface area (Å²) in [6, 6.07) is 0. The molecule has 1 heterocycles. The first-order valence-electron chi connectivity index (χ1n) is 5.13. The number of hydrogen-bond donors (Lipinski definition) is 0. The number of rotatable bonds is 3. The molecular weight excluding hydrogens is 178 g/mol. The number of ether oxygens (including phenoxy) is 1. The standard InChI is InChI=1S/C11H19NO2/c1-9-4-6-12(7-5-9)10(2)8-11(13)14-3/h9H,2,4-8H2,1,3H3. The van der Waals surface area contributed by atoms with Crippen molar-refractivity contribution in [2.45, 2.75) is 26.2 Å². The molecule has 0 N–H and O–H groups in total. The molecule has 3 heteroatoms. The van der Waals surface area contributed by atoms with E-state index in [2.05, 4.69) is 23.1 Å². The van der Waals surface area contributed by atoms with Gasteiger partial charge in [0, 0.05) is 18.8 Å². The van der Waals surface area contributed by atoms with Crippen molar-refractivity contribution < 1.29 is 9.53 Å². The fraction of sp³-hybridized carbons (Fsp3) is 0.727. The van der Waals surface area contributed by atoms with Gasteiger partial charge in [0.1, 0.15) is 0 Å². The second-order valence-electron chi connectivity index (χ2n) is 3.99. The maximum atomic E-state index is 11.0. The summed E-state index contributed by atoms with van der Waals surface area (Å²) in [6.45, 7) is 8.23. The molecule has 1 saturated heterocycles. The predicted molar refractivity (Wildman–Crippen MR) is 55.7 cm³/mol. The number of carbonyl (C=O) groups excluding carboxylic acids is 1. The third-order valence-corrected chi connectivity index (χ3v) is 2.81. The summed E-state index contributed by atoms with van der Waals surface area (Å²) in [5.41, 5.74) is 0.892. The van der Waals surface area contributed by atoms with Gasteiger partial charge in [-0.2, -0.15) is 0 Å². The summed E-state index contributed by atoms with van der Waals surface area (Å²) in [6.07, 6.45) is 2.71. The van der Waals surface area contributed by atoms with Gasteiger partial charge in [-0.15, -0.1) is 0 Å². The third kappa shape index (κ3) is 3.05. The van der Waals surface area contributed by atoms with E-state index in [4.69, 9.17) is 0 Å². The van der Waals surface area contributed by atoms with Crippen LogP contribution in [0.1, 0.15) is 26.2 Å². The van der Waals surface area contributed by atoms with Gasteiger partial charge in [0.25, 0.3) is 0 Å². The summed E-state index contributed by atoms with van der Waals surface area (Å²) in [4.78, 5) is 13.2. The number of methoxy groups -OCH3 is 1. The Balaban J connectivity index is 2.34. The molecule has 0 aromatic carbocycles. The van der Waals surface area contributed by atoms with E-state index in [9.17, 15) is 4.79 Å². The molecule has 1 fully saturated rings. The lowest BCUT2D eigenvalue weighted by atomic mass is 9.99. The maximum Gasteiger partial charge on any atom is 0.311 e. The molecule has 0 aliphatic carbocycles. The molecule has 0 spiro atoms. The van der Waals surface area contributed by atoms with Crippen LogP contribution in [-0.2, 0) is 9.53 Å². The SMILES string of the molecule is C=C(CC(=O)OC)N1CCC(C)CC1. The van der Waals surface area contributed by atoms with Crippen LogP contribution in [0.25, 0.3) is 0 Å². The molecule has 1 rings (SSSR count). The molecule has 0 amide bonds. The molecule has 3 nitrogen and oxygen atoms in total. The van der Waals surface area contributed by atoms with Crippen LogP contribution in [0.2, 0.25) is 0 Å². The van der Waals surface area contributed by atoms with Crippen LogP contribution >= 0.6 is 0 Å². The summed E-state index contributed by atoms with van der Waals surface area (Å²) in [7, 11) is 1.41. The third-order valence-electron chi connectivity index (χ3n) is 2.81. The van der Waals surface area contributed by atoms with E-state index in [-0.39, 0.29) is 5.97 Å². The highest BCUT2D eigenvalue weighted by Gasteiger charge is 2.18. The van der Waals surface area contributed by atoms with Gasteiger partial charge in [0.05, 0.1) is 13.5 Å². The first-order valence-corrected chi connectivity index (χ1v) is 5.13. The van der Waals surface area contributed by atoms with Crippen molar-refractivity contribution in [1.29, 1.82) is 0 Å². The number of carbonyl (C=O) groups is 1. The lowest BCUT2D eigenvalue weighted by molar-refractivity contribution is -0.140. The van der Waals surface area contributed by atoms with Crippen LogP contribution in [0.4, 0.5) is 0 Å². The molecular formula is C11H19NO2. The van der Waals surface area contributed by atoms with Gasteiger partial charge in [-0.25, -0.2) is 0 Å². The van der Waals surface area contributed by atoms with Crippen LogP contribution in [0.3, 0.4) is 0 Å². The molecule has 80 valence electrons. The Hall–Kier alpha value is -0.990. The van der Waals surface area contributed by atoms with Gasteiger partial charge in [-0.1, -0.05) is 13.5 Å². The first kappa shape index (κ1) is 11.1. The number of nitrogens with zero attached hydrogens (tertiary/aromatic N) is 1. The van der Waals surface area contributed by atoms with E-state index < -0.39 is 0 Å². The molecule has 14 heavy (non-hydrogen) atoms. The van der Waals surface area contributed by atoms with Crippen LogP contribution < -0.4 is 0 Å². The Morgan fingerprint density at radius 3 is 2.57 bits per heavy atom. The van der Waals surface area contributed by atoms with Gasteiger partial charge in [0.2, 0.25) is 0 Å². The minimum Gasteiger partial charge on any atom is -0.469 e. The number of esters is 1. The minimum atomic E-state index is -0.200. The maximum absolute atomic E-state index is 11.0. The van der Waals surface area contributed by atoms with E-state index >= 15 is 0 Å². The average Bonchev–Trinajstić information content (AvgIpc) is 2.18. The molecule has 0 aromatic rings. The van der Waals surface area contributed by atoms with Crippen molar-refractivity contribution >= 4 is 5.97 Å². The molecule has 1 aliphatic heterocycles. The second kappa shape index (κ2) is 5.03. The molecule has 0 unspecified atom stereocenters. The van der Waals surface area contributed by atoms with Crippen LogP contribution in [-0.4, -0.2) is 31.1 Å². The number of piperidine rings is 1. The lowest BCUT2D eigenvalue weighted by Gasteiger charge is -2.33. The van der Waals surface area contributed by atoms with Gasteiger partial charge in [-0.3, -0.25) is 4.79 Å². The Bertz CT molecular complexity index is 217. The highest BCUT2D eigenvalue weighted by Crippen LogP contribution is 2.20. The Kier molecular flexibility index (Phi) is 3.98. The van der Waals surface area contributed by atoms with Crippen molar-refractivity contribution in [3.8, 4) is 0 Å². The van der Waals surface area contributed by atoms with Gasteiger partial charge >= 0.3 is 5.97 Å². The van der Waals surface area contributed by atoms with Crippen molar-refractivity contribution in [2.24, 2.45) is 5.92 Å². The monoisotopic (exact) mass is 197 g/mol. The Labute approximate surface area is 85.7 Å². The highest BCUT2D eigenvalue weighted by molar-refractivity contribution is 5.71. The van der Waals surface area contributed by atoms with Gasteiger partial charge < -0.3 is 9.64 Å². The smallest absolute Gasteiger partial charge is 0.311 e. The zero-order valence-corrected chi connectivity index (χ0v) is 9.08. The van der Waals surface area contributed by atoms with E-state index in [0.29, 0.717) is 6.42 Å². The molecule has 0 saturated carbocycles. The molecule has 0 radical (unpaired) electrons. The van der Waals surface area contributed by atoms with Crippen LogP contribution in [0.5, 0.6) is 0 Å². The second-order valence-corrected chi connectivity index (χ2v) is 3.99. The predicted octanol–water partition coefficient (Wildman–Crippen LogP) is 1.80. The van der Waals surface area contributed by atoms with Crippen molar-refractivity contribution in [3.63, 3.8) is 0 Å². The zero-order chi connectivity index (χ0) is 10.6. The van der Waals surface area contributed by atoms with Crippen molar-refractivity contribution in [2.75, 3.05) is 20.2 Å². The zero-order valence-electron chi connectivity index (χ0n) is 9.08. The highest BCUT2D eigenvalue weighted by atomic mass is 16.5. The normalized spacial score (nSPS) is 18.0. The molecule has 0 aromatic heterocycles. The Morgan fingerprint density at radius 1 is 1.50 bits per heavy atom. The average molecular weight is 197 g/mol. The summed E-state index contributed by atoms with van der Waals surface area (Å²) >= 11 is 0. The van der Waals surface area contributed by atoms with E-state index in [1.807, 2.05) is 0 Å². The summed E-state index contributed by atoms with van der Waals surface area (Å²) in [5, 5.41) is 0. The van der Waals surface area contributed by atoms with Crippen molar-refractivity contribution in [1.82, 2.24) is 4.90 Å². The van der Waals surface area contributed by atoms with Crippen LogP contribution in [0.15, 0.2) is 12.3 Å². The summed E-state index contributed by atoms with van der Waals surface area (Å²) < 4.78 is 4.61. The van der Waals surface area contributed by atoms with Crippen LogP contribution in [0, 0.1) is 5.92 Å². The quantitative estimate of drug-likeness (QED) is 0.646. The van der Waals surface area contributed by atoms with Gasteiger partial charge in [-0.05, 0) is 18.8 Å². The van der Waals surface area contributed by atoms with E-state index in [0.717, 1.165) is 24.7 Å². The number of likely N-dealkylation sites (tertiary alicyclic amines) is 1. The minimum absolute atomic E-state index is 0.200. The molecule has 0 bridgehead atoms. The largest absolute Gasteiger partial charge is 0.469 e. The first-order chi connectivity index (χ1) is 6.63. The van der Waals surface area contributed by atoms with Crippen molar-refractivity contribution in [3.05, 3.63) is 12.3 Å². The molecule has 1 aliphatic rings. The van der Waals surface area contributed by atoms with E-state index in [1.54, 1.807) is 0 Å². The van der Waals surface area contributed by atoms with E-state index in [1.165, 1.54) is 20.0 Å². The summed E-state index contributed by atoms with van der Waals surface area (Å²) in [5.74, 6) is 0.603. The topological polar surface area (TPSA) is 29.5 Å². The lowest BCUT2D eigenvalue weighted by Crippen LogP contribution is -2.32. The molecule has 0 atom stereocenters. The fourth-order valence-corrected chi connectivity index (χ4v) is 1.68. The Morgan fingerprint density at radius 2 is 2.07 bits per heavy atom. The van der Waals surface area contributed by atoms with Gasteiger partial charge in [0.15, 0.2) is 0 Å². The number of hydrogen-bond acceptors (Lipinski definition) is 3.